The van der Waals surface area contributed by atoms with Gasteiger partial charge in [0.05, 0.1) is 12.6 Å². The zero-order valence-electron chi connectivity index (χ0n) is 25.9. The van der Waals surface area contributed by atoms with Crippen molar-refractivity contribution < 1.29 is 19.2 Å². The SMILES string of the molecule is CN[C@@H](C)C(=O)N[C@H](C(=O)NCC(=O)N1C=CN(CCc2cccc(Cl)c2)C(=O)[C@@H]1Cc1ccc(C)cc1)C1CCCCC1. The molecule has 1 saturated carbocycles. The zero-order chi connectivity index (χ0) is 31.6. The van der Waals surface area contributed by atoms with Gasteiger partial charge in [0.1, 0.15) is 12.1 Å². The third-order valence-corrected chi connectivity index (χ3v) is 8.86. The van der Waals surface area contributed by atoms with Crippen LogP contribution in [-0.2, 0) is 32.0 Å². The minimum absolute atomic E-state index is 0.00524. The molecule has 2 aliphatic rings. The first-order valence-corrected chi connectivity index (χ1v) is 15.9. The summed E-state index contributed by atoms with van der Waals surface area (Å²) in [7, 11) is 1.69. The molecule has 1 aliphatic carbocycles. The molecular formula is C34H44ClN5O4. The Hall–Kier alpha value is -3.69. The summed E-state index contributed by atoms with van der Waals surface area (Å²) >= 11 is 6.14. The third kappa shape index (κ3) is 8.92. The fraction of sp³-hybridized carbons (Fsp3) is 0.471. The average Bonchev–Trinajstić information content (AvgIpc) is 3.03. The molecule has 2 aromatic rings. The summed E-state index contributed by atoms with van der Waals surface area (Å²) in [5.41, 5.74) is 3.05. The van der Waals surface area contributed by atoms with E-state index in [1.165, 1.54) is 4.90 Å². The second-order valence-corrected chi connectivity index (χ2v) is 12.3. The second-order valence-electron chi connectivity index (χ2n) is 11.8. The van der Waals surface area contributed by atoms with Crippen LogP contribution in [0.15, 0.2) is 60.9 Å². The van der Waals surface area contributed by atoms with Crippen LogP contribution in [0.2, 0.25) is 5.02 Å². The Morgan fingerprint density at radius 2 is 1.70 bits per heavy atom. The number of amides is 4. The molecule has 0 aromatic heterocycles. The maximum Gasteiger partial charge on any atom is 0.250 e. The monoisotopic (exact) mass is 621 g/mol. The molecule has 0 bridgehead atoms. The molecule has 0 unspecified atom stereocenters. The molecule has 0 radical (unpaired) electrons. The van der Waals surface area contributed by atoms with Gasteiger partial charge in [0.25, 0.3) is 0 Å². The molecule has 236 valence electrons. The molecule has 10 heteroatoms. The van der Waals surface area contributed by atoms with Crippen molar-refractivity contribution in [2.75, 3.05) is 20.1 Å². The highest BCUT2D eigenvalue weighted by molar-refractivity contribution is 6.30. The van der Waals surface area contributed by atoms with E-state index in [9.17, 15) is 19.2 Å². The molecule has 2 aromatic carbocycles. The number of nitrogens with zero attached hydrogens (tertiary/aromatic N) is 2. The summed E-state index contributed by atoms with van der Waals surface area (Å²) in [4.78, 5) is 56.5. The van der Waals surface area contributed by atoms with Crippen LogP contribution in [0.3, 0.4) is 0 Å². The maximum absolute atomic E-state index is 13.8. The van der Waals surface area contributed by atoms with E-state index in [4.69, 9.17) is 11.6 Å². The number of hydrogen-bond donors (Lipinski definition) is 3. The zero-order valence-corrected chi connectivity index (χ0v) is 26.6. The van der Waals surface area contributed by atoms with Gasteiger partial charge in [-0.25, -0.2) is 0 Å². The number of carbonyl (C=O) groups excluding carboxylic acids is 4. The number of hydrogen-bond acceptors (Lipinski definition) is 5. The highest BCUT2D eigenvalue weighted by Gasteiger charge is 2.36. The first-order chi connectivity index (χ1) is 21.2. The van der Waals surface area contributed by atoms with E-state index in [2.05, 4.69) is 16.0 Å². The average molecular weight is 622 g/mol. The normalized spacial score (nSPS) is 18.5. The number of halogens is 1. The van der Waals surface area contributed by atoms with Crippen molar-refractivity contribution >= 4 is 35.2 Å². The van der Waals surface area contributed by atoms with Gasteiger partial charge in [0.15, 0.2) is 0 Å². The van der Waals surface area contributed by atoms with Crippen LogP contribution < -0.4 is 16.0 Å². The van der Waals surface area contributed by atoms with Gasteiger partial charge in [-0.05, 0) is 69.3 Å². The van der Waals surface area contributed by atoms with Gasteiger partial charge in [-0.3, -0.25) is 19.2 Å². The summed E-state index contributed by atoms with van der Waals surface area (Å²) in [6.45, 7) is 3.88. The molecule has 4 amide bonds. The van der Waals surface area contributed by atoms with Gasteiger partial charge >= 0.3 is 0 Å². The predicted octanol–water partition coefficient (Wildman–Crippen LogP) is 3.73. The maximum atomic E-state index is 13.8. The van der Waals surface area contributed by atoms with E-state index in [1.54, 1.807) is 31.3 Å². The van der Waals surface area contributed by atoms with E-state index in [0.29, 0.717) is 24.4 Å². The van der Waals surface area contributed by atoms with Crippen LogP contribution in [0.5, 0.6) is 0 Å². The van der Waals surface area contributed by atoms with E-state index >= 15 is 0 Å². The highest BCUT2D eigenvalue weighted by Crippen LogP contribution is 2.27. The lowest BCUT2D eigenvalue weighted by Gasteiger charge is -2.36. The van der Waals surface area contributed by atoms with E-state index < -0.39 is 24.0 Å². The van der Waals surface area contributed by atoms with Gasteiger partial charge < -0.3 is 25.8 Å². The van der Waals surface area contributed by atoms with Gasteiger partial charge in [-0.1, -0.05) is 72.8 Å². The van der Waals surface area contributed by atoms with E-state index in [1.807, 2.05) is 55.5 Å². The Kier molecular flexibility index (Phi) is 12.0. The number of aryl methyl sites for hydroxylation is 1. The summed E-state index contributed by atoms with van der Waals surface area (Å²) in [5.74, 6) is -1.22. The molecule has 3 N–H and O–H groups in total. The van der Waals surface area contributed by atoms with Gasteiger partial charge in [-0.15, -0.1) is 0 Å². The fourth-order valence-corrected chi connectivity index (χ4v) is 6.01. The van der Waals surface area contributed by atoms with Crippen LogP contribution in [0.25, 0.3) is 0 Å². The molecule has 1 heterocycles. The summed E-state index contributed by atoms with van der Waals surface area (Å²) in [6, 6.07) is 13.5. The van der Waals surface area contributed by atoms with Crippen LogP contribution in [-0.4, -0.2) is 71.7 Å². The van der Waals surface area contributed by atoms with Crippen molar-refractivity contribution in [3.63, 3.8) is 0 Å². The Labute approximate surface area is 265 Å². The molecule has 44 heavy (non-hydrogen) atoms. The quantitative estimate of drug-likeness (QED) is 0.335. The minimum Gasteiger partial charge on any atom is -0.345 e. The summed E-state index contributed by atoms with van der Waals surface area (Å²) in [6.07, 6.45) is 8.99. The number of benzene rings is 2. The lowest BCUT2D eigenvalue weighted by Crippen LogP contribution is -2.57. The number of likely N-dealkylation sites (N-methyl/N-ethyl adjacent to an activating group) is 1. The van der Waals surface area contributed by atoms with Crippen molar-refractivity contribution in [2.24, 2.45) is 5.92 Å². The Bertz CT molecular complexity index is 1340. The fourth-order valence-electron chi connectivity index (χ4n) is 5.80. The molecule has 0 spiro atoms. The number of rotatable bonds is 12. The molecule has 1 aliphatic heterocycles. The van der Waals surface area contributed by atoms with Crippen molar-refractivity contribution in [3.05, 3.63) is 82.6 Å². The Morgan fingerprint density at radius 3 is 2.39 bits per heavy atom. The second kappa shape index (κ2) is 15.9. The van der Waals surface area contributed by atoms with Crippen LogP contribution in [0, 0.1) is 12.8 Å². The first-order valence-electron chi connectivity index (χ1n) is 15.5. The van der Waals surface area contributed by atoms with Gasteiger partial charge in [0.2, 0.25) is 23.6 Å². The third-order valence-electron chi connectivity index (χ3n) is 8.62. The van der Waals surface area contributed by atoms with Crippen LogP contribution >= 0.6 is 11.6 Å². The summed E-state index contributed by atoms with van der Waals surface area (Å²) in [5, 5.41) is 9.23. The molecular weight excluding hydrogens is 578 g/mol. The van der Waals surface area contributed by atoms with E-state index in [-0.39, 0.29) is 30.2 Å². The Morgan fingerprint density at radius 1 is 0.977 bits per heavy atom. The summed E-state index contributed by atoms with van der Waals surface area (Å²) < 4.78 is 0. The predicted molar refractivity (Wildman–Crippen MR) is 172 cm³/mol. The van der Waals surface area contributed by atoms with Crippen molar-refractivity contribution in [1.82, 2.24) is 25.8 Å². The lowest BCUT2D eigenvalue weighted by atomic mass is 9.83. The first kappa shape index (κ1) is 33.2. The standard InChI is InChI=1S/C34H44ClN5O4/c1-23-12-14-26(15-13-23)21-29-34(44)39(17-16-25-8-7-11-28(35)20-25)18-19-40(29)30(41)22-37-33(43)31(27-9-5-4-6-10-27)38-32(42)24(2)36-3/h7-8,11-15,18-20,24,27,29,31,36H,4-6,9-10,16-17,21-22H2,1-3H3,(H,37,43)(H,38,42)/t24-,29-,31-/m0/s1. The largest absolute Gasteiger partial charge is 0.345 e. The van der Waals surface area contributed by atoms with Gasteiger partial charge in [0, 0.05) is 30.4 Å². The number of nitrogens with one attached hydrogen (secondary N) is 3. The van der Waals surface area contributed by atoms with E-state index in [0.717, 1.165) is 48.8 Å². The molecule has 0 saturated heterocycles. The highest BCUT2D eigenvalue weighted by atomic mass is 35.5. The topological polar surface area (TPSA) is 111 Å². The van der Waals surface area contributed by atoms with Crippen molar-refractivity contribution in [3.8, 4) is 0 Å². The smallest absolute Gasteiger partial charge is 0.250 e. The van der Waals surface area contributed by atoms with Crippen molar-refractivity contribution in [2.45, 2.75) is 76.9 Å². The lowest BCUT2D eigenvalue weighted by molar-refractivity contribution is -0.143. The van der Waals surface area contributed by atoms with Crippen LogP contribution in [0.1, 0.15) is 55.7 Å². The van der Waals surface area contributed by atoms with Gasteiger partial charge in [-0.2, -0.15) is 0 Å². The molecule has 4 rings (SSSR count). The minimum atomic E-state index is -0.767. The molecule has 1 fully saturated rings. The molecule has 9 nitrogen and oxygen atoms in total. The number of carbonyl (C=O) groups is 4. The molecule has 3 atom stereocenters. The van der Waals surface area contributed by atoms with Crippen LogP contribution in [0.4, 0.5) is 0 Å². The Balaban J connectivity index is 1.47. The van der Waals surface area contributed by atoms with Crippen molar-refractivity contribution in [1.29, 1.82) is 0 Å².